The van der Waals surface area contributed by atoms with Crippen molar-refractivity contribution in [2.45, 2.75) is 38.2 Å². The van der Waals surface area contributed by atoms with E-state index in [1.54, 1.807) is 4.90 Å². The van der Waals surface area contributed by atoms with Gasteiger partial charge < -0.3 is 10.6 Å². The van der Waals surface area contributed by atoms with Crippen LogP contribution in [-0.2, 0) is 4.79 Å². The highest BCUT2D eigenvalue weighted by Gasteiger charge is 2.25. The van der Waals surface area contributed by atoms with Crippen LogP contribution in [0, 0.1) is 5.92 Å². The molecule has 2 fully saturated rings. The summed E-state index contributed by atoms with van der Waals surface area (Å²) in [6, 6.07) is -0.0549. The van der Waals surface area contributed by atoms with Gasteiger partial charge in [0.1, 0.15) is 0 Å². The molecule has 2 N–H and O–H groups in total. The van der Waals surface area contributed by atoms with Crippen molar-refractivity contribution in [3.05, 3.63) is 0 Å². The Morgan fingerprint density at radius 3 is 2.89 bits per heavy atom. The van der Waals surface area contributed by atoms with E-state index in [-0.39, 0.29) is 18.5 Å². The quantitative estimate of drug-likeness (QED) is 0.781. The molecule has 0 aromatic heterocycles. The Balaban J connectivity index is 1.68. The first-order chi connectivity index (χ1) is 9.15. The van der Waals surface area contributed by atoms with E-state index in [0.717, 1.165) is 38.8 Å². The van der Waals surface area contributed by atoms with Crippen LogP contribution in [-0.4, -0.2) is 56.0 Å². The van der Waals surface area contributed by atoms with Gasteiger partial charge in [0, 0.05) is 13.1 Å². The fourth-order valence-corrected chi connectivity index (χ4v) is 2.96. The van der Waals surface area contributed by atoms with Crippen LogP contribution in [0.2, 0.25) is 0 Å². The smallest absolute Gasteiger partial charge is 0.251 e. The number of halogens is 2. The number of alkyl halides is 2. The summed E-state index contributed by atoms with van der Waals surface area (Å²) in [5.74, 6) is 0.362. The fraction of sp³-hybridized carbons (Fsp3) is 0.923. The Labute approximate surface area is 112 Å². The predicted octanol–water partition coefficient (Wildman–Crippen LogP) is 0.832. The topological polar surface area (TPSA) is 44.4 Å². The number of carbonyl (C=O) groups is 1. The molecule has 0 aromatic rings. The van der Waals surface area contributed by atoms with Crippen LogP contribution < -0.4 is 10.6 Å². The van der Waals surface area contributed by atoms with Crippen molar-refractivity contribution in [3.63, 3.8) is 0 Å². The Bertz CT molecular complexity index is 296. The third-order valence-corrected chi connectivity index (χ3v) is 3.94. The van der Waals surface area contributed by atoms with Gasteiger partial charge in [-0.2, -0.15) is 0 Å². The monoisotopic (exact) mass is 275 g/mol. The number of nitrogens with zero attached hydrogens (tertiary/aromatic N) is 1. The minimum Gasteiger partial charge on any atom is -0.354 e. The van der Waals surface area contributed by atoms with Crippen LogP contribution in [0.5, 0.6) is 0 Å². The van der Waals surface area contributed by atoms with Crippen molar-refractivity contribution in [1.29, 1.82) is 0 Å². The molecule has 110 valence electrons. The molecular formula is C13H23F2N3O. The van der Waals surface area contributed by atoms with Gasteiger partial charge in [-0.25, -0.2) is 8.78 Å². The maximum Gasteiger partial charge on any atom is 0.251 e. The summed E-state index contributed by atoms with van der Waals surface area (Å²) >= 11 is 0. The minimum absolute atomic E-state index is 0.0549. The highest BCUT2D eigenvalue weighted by molar-refractivity contribution is 5.81. The fourth-order valence-electron chi connectivity index (χ4n) is 2.96. The van der Waals surface area contributed by atoms with Crippen molar-refractivity contribution in [3.8, 4) is 0 Å². The van der Waals surface area contributed by atoms with Crippen molar-refractivity contribution < 1.29 is 13.6 Å². The molecule has 19 heavy (non-hydrogen) atoms. The van der Waals surface area contributed by atoms with Gasteiger partial charge >= 0.3 is 0 Å². The van der Waals surface area contributed by atoms with Gasteiger partial charge in [-0.1, -0.05) is 0 Å². The zero-order valence-corrected chi connectivity index (χ0v) is 11.2. The van der Waals surface area contributed by atoms with Gasteiger partial charge in [-0.3, -0.25) is 9.69 Å². The Morgan fingerprint density at radius 2 is 2.21 bits per heavy atom. The summed E-state index contributed by atoms with van der Waals surface area (Å²) in [5.41, 5.74) is 0. The molecule has 4 nitrogen and oxygen atoms in total. The van der Waals surface area contributed by atoms with Gasteiger partial charge in [0.15, 0.2) is 0 Å². The summed E-state index contributed by atoms with van der Waals surface area (Å²) in [6.45, 7) is 2.79. The van der Waals surface area contributed by atoms with E-state index >= 15 is 0 Å². The highest BCUT2D eigenvalue weighted by Crippen LogP contribution is 2.17. The van der Waals surface area contributed by atoms with E-state index < -0.39 is 6.43 Å². The average Bonchev–Trinajstić information content (AvgIpc) is 2.89. The molecule has 2 aliphatic heterocycles. The first kappa shape index (κ1) is 14.7. The van der Waals surface area contributed by atoms with Crippen molar-refractivity contribution in [1.82, 2.24) is 15.5 Å². The van der Waals surface area contributed by atoms with E-state index in [2.05, 4.69) is 10.6 Å². The van der Waals surface area contributed by atoms with Crippen LogP contribution in [0.15, 0.2) is 0 Å². The number of likely N-dealkylation sites (tertiary alicyclic amines) is 1. The van der Waals surface area contributed by atoms with E-state index in [4.69, 9.17) is 0 Å². The molecule has 0 aromatic carbocycles. The summed E-state index contributed by atoms with van der Waals surface area (Å²) < 4.78 is 24.7. The second kappa shape index (κ2) is 7.14. The number of hydrogen-bond acceptors (Lipinski definition) is 3. The van der Waals surface area contributed by atoms with Crippen LogP contribution in [0.1, 0.15) is 25.7 Å². The Morgan fingerprint density at radius 1 is 1.37 bits per heavy atom. The summed E-state index contributed by atoms with van der Waals surface area (Å²) in [7, 11) is 0. The molecule has 2 saturated heterocycles. The molecule has 6 heteroatoms. The molecule has 2 unspecified atom stereocenters. The first-order valence-corrected chi connectivity index (χ1v) is 7.16. The minimum atomic E-state index is -2.27. The van der Waals surface area contributed by atoms with Gasteiger partial charge in [-0.15, -0.1) is 0 Å². The lowest BCUT2D eigenvalue weighted by atomic mass is 9.98. The second-order valence-electron chi connectivity index (χ2n) is 5.55. The maximum atomic E-state index is 12.3. The molecular weight excluding hydrogens is 252 g/mol. The number of hydrogen-bond donors (Lipinski definition) is 2. The molecule has 0 saturated carbocycles. The lowest BCUT2D eigenvalue weighted by Gasteiger charge is -2.32. The van der Waals surface area contributed by atoms with Crippen molar-refractivity contribution >= 4 is 5.91 Å². The molecule has 2 heterocycles. The molecule has 0 spiro atoms. The molecule has 0 bridgehead atoms. The second-order valence-corrected chi connectivity index (χ2v) is 5.55. The molecule has 2 aliphatic rings. The van der Waals surface area contributed by atoms with Gasteiger partial charge in [0.25, 0.3) is 6.43 Å². The van der Waals surface area contributed by atoms with Crippen molar-refractivity contribution in [2.75, 3.05) is 32.7 Å². The van der Waals surface area contributed by atoms with Crippen LogP contribution in [0.3, 0.4) is 0 Å². The van der Waals surface area contributed by atoms with Gasteiger partial charge in [0.2, 0.25) is 5.91 Å². The third-order valence-electron chi connectivity index (χ3n) is 3.94. The number of amides is 1. The van der Waals surface area contributed by atoms with Crippen LogP contribution in [0.4, 0.5) is 8.78 Å². The van der Waals surface area contributed by atoms with Crippen LogP contribution >= 0.6 is 0 Å². The maximum absolute atomic E-state index is 12.3. The Kier molecular flexibility index (Phi) is 5.51. The summed E-state index contributed by atoms with van der Waals surface area (Å²) in [4.78, 5) is 13.6. The zero-order chi connectivity index (χ0) is 13.7. The lowest BCUT2D eigenvalue weighted by molar-refractivity contribution is -0.123. The average molecular weight is 275 g/mol. The molecule has 0 aliphatic carbocycles. The standard InChI is InChI=1S/C13H23F2N3O/c14-12(15)9-18-6-2-3-10(8-18)7-17-13(19)11-4-1-5-16-11/h10-12,16H,1-9H2,(H,17,19). The number of rotatable bonds is 5. The van der Waals surface area contributed by atoms with E-state index in [1.165, 1.54) is 0 Å². The van der Waals surface area contributed by atoms with Crippen molar-refractivity contribution in [2.24, 2.45) is 5.92 Å². The summed E-state index contributed by atoms with van der Waals surface area (Å²) in [6.07, 6.45) is 1.63. The first-order valence-electron chi connectivity index (χ1n) is 7.16. The summed E-state index contributed by atoms with van der Waals surface area (Å²) in [5, 5.41) is 6.11. The zero-order valence-electron chi connectivity index (χ0n) is 11.2. The molecule has 2 rings (SSSR count). The molecule has 2 atom stereocenters. The number of nitrogens with one attached hydrogen (secondary N) is 2. The van der Waals surface area contributed by atoms with Gasteiger partial charge in [0.05, 0.1) is 12.6 Å². The predicted molar refractivity (Wildman–Crippen MR) is 69.2 cm³/mol. The normalized spacial score (nSPS) is 28.8. The lowest BCUT2D eigenvalue weighted by Crippen LogP contribution is -2.46. The SMILES string of the molecule is O=C(NCC1CCCN(CC(F)F)C1)C1CCCN1. The molecule has 0 radical (unpaired) electrons. The largest absolute Gasteiger partial charge is 0.354 e. The van der Waals surface area contributed by atoms with E-state index in [1.807, 2.05) is 0 Å². The van der Waals surface area contributed by atoms with E-state index in [0.29, 0.717) is 19.0 Å². The van der Waals surface area contributed by atoms with Gasteiger partial charge in [-0.05, 0) is 44.7 Å². The van der Waals surface area contributed by atoms with Crippen LogP contribution in [0.25, 0.3) is 0 Å². The Hall–Kier alpha value is -0.750. The number of carbonyl (C=O) groups excluding carboxylic acids is 1. The third kappa shape index (κ3) is 4.69. The molecule has 1 amide bonds. The highest BCUT2D eigenvalue weighted by atomic mass is 19.3. The number of piperidine rings is 1. The van der Waals surface area contributed by atoms with E-state index in [9.17, 15) is 13.6 Å².